The van der Waals surface area contributed by atoms with Crippen LogP contribution in [0.15, 0.2) is 24.8 Å². The number of amides is 1. The van der Waals surface area contributed by atoms with Crippen LogP contribution in [0.2, 0.25) is 0 Å². The van der Waals surface area contributed by atoms with E-state index >= 15 is 0 Å². The van der Waals surface area contributed by atoms with Gasteiger partial charge in [-0.05, 0) is 26.3 Å². The highest BCUT2D eigenvalue weighted by Gasteiger charge is 1.97. The smallest absolute Gasteiger partial charge is 0.246 e. The van der Waals surface area contributed by atoms with Gasteiger partial charge in [0.05, 0.1) is 0 Å². The fourth-order valence-corrected chi connectivity index (χ4v) is 0.530. The lowest BCUT2D eigenvalue weighted by atomic mass is 10.3. The topological polar surface area (TPSA) is 46.2 Å². The van der Waals surface area contributed by atoms with E-state index in [9.17, 15) is 9.59 Å². The van der Waals surface area contributed by atoms with E-state index in [0.717, 1.165) is 19.4 Å². The monoisotopic (exact) mass is 211 g/mol. The molecule has 0 saturated heterocycles. The Morgan fingerprint density at radius 1 is 1.33 bits per heavy atom. The number of carbonyl (C=O) groups is 2. The lowest BCUT2D eigenvalue weighted by Crippen LogP contribution is -2.24. The third-order valence-corrected chi connectivity index (χ3v) is 1.49. The molecule has 15 heavy (non-hydrogen) atoms. The van der Waals surface area contributed by atoms with Crippen molar-refractivity contribution in [3.05, 3.63) is 24.8 Å². The Morgan fingerprint density at radius 2 is 1.80 bits per heavy atom. The molecule has 0 aromatic carbocycles. The molecular weight excluding hydrogens is 190 g/mol. The van der Waals surface area contributed by atoms with Crippen LogP contribution in [0, 0.1) is 0 Å². The number of nitrogens with one attached hydrogen (secondary N) is 1. The van der Waals surface area contributed by atoms with Gasteiger partial charge in [0.2, 0.25) is 5.91 Å². The molecule has 0 aliphatic heterocycles. The zero-order valence-corrected chi connectivity index (χ0v) is 9.93. The normalized spacial score (nSPS) is 8.20. The fourth-order valence-electron chi connectivity index (χ4n) is 0.530. The number of hydrogen-bond acceptors (Lipinski definition) is 2. The molecule has 0 unspecified atom stereocenters. The molecule has 0 atom stereocenters. The minimum atomic E-state index is -0.0338. The van der Waals surface area contributed by atoms with E-state index in [-0.39, 0.29) is 11.7 Å². The van der Waals surface area contributed by atoms with Gasteiger partial charge in [0.15, 0.2) is 5.78 Å². The summed E-state index contributed by atoms with van der Waals surface area (Å²) in [7, 11) is 0. The van der Waals surface area contributed by atoms with Crippen molar-refractivity contribution < 1.29 is 9.59 Å². The third-order valence-electron chi connectivity index (χ3n) is 1.49. The van der Waals surface area contributed by atoms with Crippen LogP contribution in [0.1, 0.15) is 33.6 Å². The molecule has 0 fully saturated rings. The molecule has 0 rings (SSSR count). The number of allylic oxidation sites excluding steroid dienone is 1. The SMILES string of the molecule is C=C(C)C(=O)NCCCC.C=CC(C)=O. The average Bonchev–Trinajstić information content (AvgIpc) is 2.18. The van der Waals surface area contributed by atoms with Crippen molar-refractivity contribution in [2.24, 2.45) is 0 Å². The first-order chi connectivity index (χ1) is 6.95. The van der Waals surface area contributed by atoms with E-state index in [1.54, 1.807) is 6.92 Å². The van der Waals surface area contributed by atoms with Gasteiger partial charge < -0.3 is 5.32 Å². The van der Waals surface area contributed by atoms with Crippen LogP contribution in [0.4, 0.5) is 0 Å². The van der Waals surface area contributed by atoms with Crippen LogP contribution in [-0.2, 0) is 9.59 Å². The molecule has 3 nitrogen and oxygen atoms in total. The molecule has 3 heteroatoms. The Labute approximate surface area is 92.3 Å². The maximum absolute atomic E-state index is 10.8. The van der Waals surface area contributed by atoms with Crippen molar-refractivity contribution >= 4 is 11.7 Å². The molecule has 0 aliphatic carbocycles. The Morgan fingerprint density at radius 3 is 2.07 bits per heavy atom. The van der Waals surface area contributed by atoms with Gasteiger partial charge in [-0.15, -0.1) is 0 Å². The minimum Gasteiger partial charge on any atom is -0.352 e. The number of carbonyl (C=O) groups excluding carboxylic acids is 2. The van der Waals surface area contributed by atoms with Crippen molar-refractivity contribution in [1.29, 1.82) is 0 Å². The van der Waals surface area contributed by atoms with Crippen molar-refractivity contribution in [1.82, 2.24) is 5.32 Å². The van der Waals surface area contributed by atoms with Crippen molar-refractivity contribution in [3.8, 4) is 0 Å². The zero-order chi connectivity index (χ0) is 12.3. The Balaban J connectivity index is 0. The molecule has 0 aromatic rings. The fraction of sp³-hybridized carbons (Fsp3) is 0.500. The van der Waals surface area contributed by atoms with E-state index < -0.39 is 0 Å². The van der Waals surface area contributed by atoms with Gasteiger partial charge in [-0.2, -0.15) is 0 Å². The Hall–Kier alpha value is -1.38. The van der Waals surface area contributed by atoms with Crippen molar-refractivity contribution in [2.45, 2.75) is 33.6 Å². The Kier molecular flexibility index (Phi) is 11.5. The maximum atomic E-state index is 10.8. The second-order valence-corrected chi connectivity index (χ2v) is 3.20. The molecule has 0 bridgehead atoms. The minimum absolute atomic E-state index is 0.0185. The number of unbranched alkanes of at least 4 members (excludes halogenated alkanes) is 1. The summed E-state index contributed by atoms with van der Waals surface area (Å²) in [6, 6.07) is 0. The van der Waals surface area contributed by atoms with E-state index in [1.165, 1.54) is 13.0 Å². The molecule has 0 heterocycles. The predicted molar refractivity (Wildman–Crippen MR) is 63.6 cm³/mol. The van der Waals surface area contributed by atoms with Crippen LogP contribution in [0.3, 0.4) is 0 Å². The molecule has 1 N–H and O–H groups in total. The van der Waals surface area contributed by atoms with Crippen molar-refractivity contribution in [3.63, 3.8) is 0 Å². The highest BCUT2D eigenvalue weighted by molar-refractivity contribution is 5.92. The summed E-state index contributed by atoms with van der Waals surface area (Å²) >= 11 is 0. The van der Waals surface area contributed by atoms with Gasteiger partial charge >= 0.3 is 0 Å². The molecule has 0 radical (unpaired) electrons. The lowest BCUT2D eigenvalue weighted by molar-refractivity contribution is -0.117. The maximum Gasteiger partial charge on any atom is 0.246 e. The molecule has 0 aromatic heterocycles. The largest absolute Gasteiger partial charge is 0.352 e. The van der Waals surface area contributed by atoms with E-state index in [4.69, 9.17) is 0 Å². The summed E-state index contributed by atoms with van der Waals surface area (Å²) in [6.45, 7) is 12.8. The number of ketones is 1. The van der Waals surface area contributed by atoms with Crippen LogP contribution in [-0.4, -0.2) is 18.2 Å². The number of rotatable bonds is 5. The second kappa shape index (κ2) is 10.7. The van der Waals surface area contributed by atoms with Gasteiger partial charge in [-0.3, -0.25) is 9.59 Å². The van der Waals surface area contributed by atoms with Crippen LogP contribution >= 0.6 is 0 Å². The highest BCUT2D eigenvalue weighted by atomic mass is 16.1. The van der Waals surface area contributed by atoms with Gasteiger partial charge in [0.1, 0.15) is 0 Å². The van der Waals surface area contributed by atoms with Crippen LogP contribution < -0.4 is 5.32 Å². The van der Waals surface area contributed by atoms with Gasteiger partial charge in [0.25, 0.3) is 0 Å². The van der Waals surface area contributed by atoms with Crippen LogP contribution in [0.25, 0.3) is 0 Å². The average molecular weight is 211 g/mol. The van der Waals surface area contributed by atoms with Gasteiger partial charge in [-0.1, -0.05) is 26.5 Å². The molecule has 86 valence electrons. The van der Waals surface area contributed by atoms with Gasteiger partial charge in [-0.25, -0.2) is 0 Å². The van der Waals surface area contributed by atoms with Crippen LogP contribution in [0.5, 0.6) is 0 Å². The van der Waals surface area contributed by atoms with E-state index in [2.05, 4.69) is 25.4 Å². The molecule has 1 amide bonds. The second-order valence-electron chi connectivity index (χ2n) is 3.20. The third kappa shape index (κ3) is 15.4. The number of hydrogen-bond donors (Lipinski definition) is 1. The summed E-state index contributed by atoms with van der Waals surface area (Å²) in [5, 5.41) is 2.74. The highest BCUT2D eigenvalue weighted by Crippen LogP contribution is 1.87. The standard InChI is InChI=1S/C8H15NO.C4H6O/c1-4-5-6-9-8(10)7(2)3;1-3-4(2)5/h2,4-6H2,1,3H3,(H,9,10);3H,1H2,2H3. The first-order valence-corrected chi connectivity index (χ1v) is 5.02. The summed E-state index contributed by atoms with van der Waals surface area (Å²) in [5.41, 5.74) is 0.580. The van der Waals surface area contributed by atoms with E-state index in [1.807, 2.05) is 0 Å². The zero-order valence-electron chi connectivity index (χ0n) is 9.93. The first-order valence-electron chi connectivity index (χ1n) is 5.02. The quantitative estimate of drug-likeness (QED) is 0.560. The Bertz CT molecular complexity index is 232. The van der Waals surface area contributed by atoms with Crippen molar-refractivity contribution in [2.75, 3.05) is 6.54 Å². The summed E-state index contributed by atoms with van der Waals surface area (Å²) < 4.78 is 0. The van der Waals surface area contributed by atoms with Gasteiger partial charge in [0, 0.05) is 12.1 Å². The predicted octanol–water partition coefficient (Wildman–Crippen LogP) is 2.24. The molecular formula is C12H21NO2. The molecule has 0 saturated carbocycles. The lowest BCUT2D eigenvalue weighted by Gasteiger charge is -2.01. The first kappa shape index (κ1) is 16.1. The molecule has 0 spiro atoms. The summed E-state index contributed by atoms with van der Waals surface area (Å²) in [4.78, 5) is 20.5. The molecule has 0 aliphatic rings. The van der Waals surface area contributed by atoms with E-state index in [0.29, 0.717) is 5.57 Å². The summed E-state index contributed by atoms with van der Waals surface area (Å²) in [5.74, 6) is -0.0153. The summed E-state index contributed by atoms with van der Waals surface area (Å²) in [6.07, 6.45) is 3.43.